The van der Waals surface area contributed by atoms with Gasteiger partial charge in [0.25, 0.3) is 11.6 Å². The molecule has 1 fully saturated rings. The highest BCUT2D eigenvalue weighted by molar-refractivity contribution is 6.33. The molecule has 2 aromatic rings. The molecule has 0 saturated carbocycles. The fraction of sp³-hybridized carbons (Fsp3) is 0.467. The first-order chi connectivity index (χ1) is 12.0. The van der Waals surface area contributed by atoms with Gasteiger partial charge in [0.05, 0.1) is 41.8 Å². The van der Waals surface area contributed by atoms with E-state index in [1.807, 2.05) is 0 Å². The van der Waals surface area contributed by atoms with E-state index >= 15 is 0 Å². The molecule has 1 aromatic carbocycles. The maximum atomic E-state index is 10.8. The Labute approximate surface area is 149 Å². The maximum absolute atomic E-state index is 10.8. The molecular formula is C15H19ClN5O4+. The van der Waals surface area contributed by atoms with Crippen LogP contribution in [0.2, 0.25) is 5.02 Å². The average molecular weight is 369 g/mol. The van der Waals surface area contributed by atoms with Crippen LogP contribution in [0.4, 0.5) is 11.4 Å². The van der Waals surface area contributed by atoms with E-state index in [1.54, 1.807) is 13.0 Å². The Bertz CT molecular complexity index is 745. The molecule has 0 radical (unpaired) electrons. The van der Waals surface area contributed by atoms with Crippen molar-refractivity contribution in [2.45, 2.75) is 6.92 Å². The van der Waals surface area contributed by atoms with Crippen LogP contribution >= 0.6 is 11.6 Å². The molecule has 0 aliphatic carbocycles. The van der Waals surface area contributed by atoms with Gasteiger partial charge in [-0.1, -0.05) is 16.8 Å². The van der Waals surface area contributed by atoms with Crippen molar-refractivity contribution >= 4 is 23.0 Å². The Morgan fingerprint density at radius 1 is 1.40 bits per heavy atom. The molecule has 0 amide bonds. The van der Waals surface area contributed by atoms with Crippen molar-refractivity contribution in [2.24, 2.45) is 0 Å². The number of anilines is 1. The van der Waals surface area contributed by atoms with Crippen LogP contribution in [0.15, 0.2) is 22.8 Å². The Kier molecular flexibility index (Phi) is 5.34. The van der Waals surface area contributed by atoms with Gasteiger partial charge >= 0.3 is 0 Å². The largest absolute Gasteiger partial charge is 0.468 e. The van der Waals surface area contributed by atoms with Gasteiger partial charge in [0.15, 0.2) is 0 Å². The predicted octanol–water partition coefficient (Wildman–Crippen LogP) is 0.724. The number of benzene rings is 1. The number of quaternary nitrogens is 1. The van der Waals surface area contributed by atoms with Gasteiger partial charge in [-0.15, -0.1) is 0 Å². The third-order valence-electron chi connectivity index (χ3n) is 4.26. The highest BCUT2D eigenvalue weighted by atomic mass is 35.5. The van der Waals surface area contributed by atoms with Crippen LogP contribution in [-0.4, -0.2) is 54.6 Å². The molecule has 3 rings (SSSR count). The summed E-state index contributed by atoms with van der Waals surface area (Å²) in [5.74, 6) is 0.440. The highest BCUT2D eigenvalue weighted by Gasteiger charge is 2.22. The summed E-state index contributed by atoms with van der Waals surface area (Å²) >= 11 is 6.20. The molecule has 0 unspecified atom stereocenters. The first kappa shape index (κ1) is 17.4. The quantitative estimate of drug-likeness (QED) is 0.592. The minimum Gasteiger partial charge on any atom is -0.468 e. The summed E-state index contributed by atoms with van der Waals surface area (Å²) in [4.78, 5) is 13.9. The van der Waals surface area contributed by atoms with Crippen LogP contribution in [0, 0.1) is 17.0 Å². The van der Waals surface area contributed by atoms with Crippen LogP contribution in [-0.2, 0) is 0 Å². The lowest BCUT2D eigenvalue weighted by molar-refractivity contribution is -0.900. The molecule has 0 bridgehead atoms. The minimum atomic E-state index is -0.441. The summed E-state index contributed by atoms with van der Waals surface area (Å²) in [6, 6.07) is 4.61. The van der Waals surface area contributed by atoms with E-state index < -0.39 is 4.92 Å². The van der Waals surface area contributed by atoms with Gasteiger partial charge in [0.1, 0.15) is 18.8 Å². The van der Waals surface area contributed by atoms with E-state index in [0.29, 0.717) is 23.2 Å². The number of nitro benzene ring substituents is 1. The van der Waals surface area contributed by atoms with Gasteiger partial charge in [-0.25, -0.2) is 4.63 Å². The SMILES string of the molecule is Cc1nonc1OCC[NH+]1CCN(c2ccc([N+](=O)[O-])cc2Cl)CC1. The number of nitro groups is 1. The molecular weight excluding hydrogens is 350 g/mol. The van der Waals surface area contributed by atoms with E-state index in [4.69, 9.17) is 16.3 Å². The number of rotatable bonds is 6. The lowest BCUT2D eigenvalue weighted by Crippen LogP contribution is -3.15. The summed E-state index contributed by atoms with van der Waals surface area (Å²) in [5.41, 5.74) is 1.49. The minimum absolute atomic E-state index is 0.00722. The topological polar surface area (TPSA) is 99.0 Å². The van der Waals surface area contributed by atoms with Crippen molar-refractivity contribution in [1.82, 2.24) is 10.3 Å². The Balaban J connectivity index is 1.48. The van der Waals surface area contributed by atoms with Gasteiger partial charge in [-0.2, -0.15) is 0 Å². The molecule has 0 atom stereocenters. The fourth-order valence-electron chi connectivity index (χ4n) is 2.83. The summed E-state index contributed by atoms with van der Waals surface area (Å²) in [5, 5.41) is 18.6. The molecule has 2 heterocycles. The lowest BCUT2D eigenvalue weighted by atomic mass is 10.2. The van der Waals surface area contributed by atoms with Crippen molar-refractivity contribution < 1.29 is 19.2 Å². The van der Waals surface area contributed by atoms with Crippen molar-refractivity contribution in [3.8, 4) is 5.88 Å². The molecule has 1 aliphatic heterocycles. The third-order valence-corrected chi connectivity index (χ3v) is 4.56. The van der Waals surface area contributed by atoms with E-state index in [9.17, 15) is 10.1 Å². The number of hydrogen-bond acceptors (Lipinski definition) is 7. The summed E-state index contributed by atoms with van der Waals surface area (Å²) in [6.07, 6.45) is 0. The van der Waals surface area contributed by atoms with E-state index in [0.717, 1.165) is 38.4 Å². The molecule has 1 aromatic heterocycles. The molecule has 25 heavy (non-hydrogen) atoms. The zero-order valence-electron chi connectivity index (χ0n) is 13.8. The second-order valence-electron chi connectivity index (χ2n) is 5.88. The number of ether oxygens (including phenoxy) is 1. The normalized spacial score (nSPS) is 15.4. The molecule has 9 nitrogen and oxygen atoms in total. The van der Waals surface area contributed by atoms with E-state index in [-0.39, 0.29) is 5.69 Å². The molecule has 1 N–H and O–H groups in total. The maximum Gasteiger partial charge on any atom is 0.278 e. The summed E-state index contributed by atoms with van der Waals surface area (Å²) in [7, 11) is 0. The van der Waals surface area contributed by atoms with Crippen molar-refractivity contribution in [2.75, 3.05) is 44.2 Å². The molecule has 1 saturated heterocycles. The second-order valence-corrected chi connectivity index (χ2v) is 6.29. The van der Waals surface area contributed by atoms with Crippen LogP contribution in [0.1, 0.15) is 5.69 Å². The van der Waals surface area contributed by atoms with Crippen LogP contribution in [0.3, 0.4) is 0 Å². The average Bonchev–Trinajstić information content (AvgIpc) is 3.01. The second kappa shape index (κ2) is 7.66. The van der Waals surface area contributed by atoms with Gasteiger partial charge < -0.3 is 14.5 Å². The summed E-state index contributed by atoms with van der Waals surface area (Å²) in [6.45, 7) is 6.72. The van der Waals surface area contributed by atoms with Gasteiger partial charge in [0.2, 0.25) is 0 Å². The number of piperazine rings is 1. The zero-order chi connectivity index (χ0) is 17.8. The Morgan fingerprint density at radius 3 is 2.76 bits per heavy atom. The van der Waals surface area contributed by atoms with E-state index in [1.165, 1.54) is 17.0 Å². The van der Waals surface area contributed by atoms with E-state index in [2.05, 4.69) is 19.8 Å². The van der Waals surface area contributed by atoms with Gasteiger partial charge in [-0.05, 0) is 18.1 Å². The molecule has 1 aliphatic rings. The lowest BCUT2D eigenvalue weighted by Gasteiger charge is -2.33. The summed E-state index contributed by atoms with van der Waals surface area (Å²) < 4.78 is 10.2. The monoisotopic (exact) mass is 368 g/mol. The predicted molar refractivity (Wildman–Crippen MR) is 90.4 cm³/mol. The molecule has 10 heteroatoms. The molecule has 134 valence electrons. The number of aryl methyl sites for hydroxylation is 1. The highest BCUT2D eigenvalue weighted by Crippen LogP contribution is 2.29. The number of hydrogen-bond donors (Lipinski definition) is 1. The first-order valence-electron chi connectivity index (χ1n) is 7.99. The van der Waals surface area contributed by atoms with Crippen molar-refractivity contribution in [3.05, 3.63) is 39.0 Å². The Morgan fingerprint density at radius 2 is 2.16 bits per heavy atom. The van der Waals surface area contributed by atoms with Crippen LogP contribution in [0.25, 0.3) is 0 Å². The van der Waals surface area contributed by atoms with Crippen molar-refractivity contribution in [3.63, 3.8) is 0 Å². The standard InChI is InChI=1S/C15H18ClN5O4/c1-11-15(18-25-17-11)24-9-8-19-4-6-20(7-5-19)14-3-2-12(21(22)23)10-13(14)16/h2-3,10H,4-9H2,1H3/p+1. The first-order valence-corrected chi connectivity index (χ1v) is 8.37. The van der Waals surface area contributed by atoms with Crippen molar-refractivity contribution in [1.29, 1.82) is 0 Å². The number of aromatic nitrogens is 2. The molecule has 0 spiro atoms. The zero-order valence-corrected chi connectivity index (χ0v) is 14.5. The van der Waals surface area contributed by atoms with Crippen LogP contribution < -0.4 is 14.5 Å². The number of non-ortho nitro benzene ring substituents is 1. The van der Waals surface area contributed by atoms with Crippen LogP contribution in [0.5, 0.6) is 5.88 Å². The third kappa shape index (κ3) is 4.18. The van der Waals surface area contributed by atoms with Gasteiger partial charge in [0, 0.05) is 12.1 Å². The van der Waals surface area contributed by atoms with Gasteiger partial charge in [-0.3, -0.25) is 10.1 Å². The number of halogens is 1. The smallest absolute Gasteiger partial charge is 0.278 e. The fourth-order valence-corrected chi connectivity index (χ4v) is 3.12. The number of nitrogens with zero attached hydrogens (tertiary/aromatic N) is 4. The Hall–Kier alpha value is -2.39. The number of nitrogens with one attached hydrogen (secondary N) is 1.